The van der Waals surface area contributed by atoms with E-state index < -0.39 is 23.0 Å². The van der Waals surface area contributed by atoms with Gasteiger partial charge in [-0.1, -0.05) is 0 Å². The lowest BCUT2D eigenvalue weighted by Crippen LogP contribution is -2.60. The van der Waals surface area contributed by atoms with Crippen LogP contribution in [0, 0.1) is 5.41 Å². The van der Waals surface area contributed by atoms with Gasteiger partial charge in [0.2, 0.25) is 5.91 Å². The summed E-state index contributed by atoms with van der Waals surface area (Å²) in [4.78, 5) is 25.2. The van der Waals surface area contributed by atoms with Crippen LogP contribution in [0.5, 0.6) is 0 Å². The van der Waals surface area contributed by atoms with Crippen LogP contribution in [0.1, 0.15) is 27.7 Å². The molecule has 0 saturated carbocycles. The Hall–Kier alpha value is -1.14. The summed E-state index contributed by atoms with van der Waals surface area (Å²) >= 11 is 0. The first-order chi connectivity index (χ1) is 8.17. The first kappa shape index (κ1) is 14.9. The SMILES string of the molecule is CCN(C(=O)C1(C)COCC1N)C(C)(C)C(=O)O. The third-order valence-electron chi connectivity index (χ3n) is 3.77. The molecule has 0 radical (unpaired) electrons. The summed E-state index contributed by atoms with van der Waals surface area (Å²) < 4.78 is 5.24. The van der Waals surface area contributed by atoms with Crippen molar-refractivity contribution < 1.29 is 19.4 Å². The zero-order chi connectivity index (χ0) is 14.1. The summed E-state index contributed by atoms with van der Waals surface area (Å²) in [6.45, 7) is 7.40. The van der Waals surface area contributed by atoms with Gasteiger partial charge in [-0.05, 0) is 27.7 Å². The number of carboxylic acid groups (broad SMARTS) is 1. The molecule has 6 nitrogen and oxygen atoms in total. The highest BCUT2D eigenvalue weighted by Crippen LogP contribution is 2.32. The van der Waals surface area contributed by atoms with Crippen molar-refractivity contribution in [3.8, 4) is 0 Å². The van der Waals surface area contributed by atoms with E-state index in [9.17, 15) is 14.7 Å². The second-order valence-electron chi connectivity index (χ2n) is 5.45. The molecule has 2 atom stereocenters. The number of amides is 1. The quantitative estimate of drug-likeness (QED) is 0.744. The highest BCUT2D eigenvalue weighted by molar-refractivity contribution is 5.90. The molecule has 0 aromatic rings. The van der Waals surface area contributed by atoms with Gasteiger partial charge in [0.1, 0.15) is 5.54 Å². The normalized spacial score (nSPS) is 28.2. The Morgan fingerprint density at radius 3 is 2.44 bits per heavy atom. The lowest BCUT2D eigenvalue weighted by molar-refractivity contribution is -0.161. The second-order valence-corrected chi connectivity index (χ2v) is 5.45. The van der Waals surface area contributed by atoms with Crippen LogP contribution in [0.15, 0.2) is 0 Å². The van der Waals surface area contributed by atoms with E-state index in [1.54, 1.807) is 13.8 Å². The highest BCUT2D eigenvalue weighted by Gasteiger charge is 2.50. The number of carbonyl (C=O) groups is 2. The van der Waals surface area contributed by atoms with E-state index in [4.69, 9.17) is 10.5 Å². The number of aliphatic carboxylic acids is 1. The van der Waals surface area contributed by atoms with Crippen LogP contribution in [0.25, 0.3) is 0 Å². The minimum atomic E-state index is -1.25. The van der Waals surface area contributed by atoms with E-state index in [0.29, 0.717) is 13.2 Å². The van der Waals surface area contributed by atoms with E-state index >= 15 is 0 Å². The van der Waals surface area contributed by atoms with Gasteiger partial charge in [0, 0.05) is 12.6 Å². The molecule has 1 fully saturated rings. The van der Waals surface area contributed by atoms with E-state index in [-0.39, 0.29) is 12.5 Å². The van der Waals surface area contributed by atoms with Gasteiger partial charge >= 0.3 is 5.97 Å². The summed E-state index contributed by atoms with van der Waals surface area (Å²) in [5.41, 5.74) is 3.81. The van der Waals surface area contributed by atoms with Crippen molar-refractivity contribution in [1.82, 2.24) is 4.90 Å². The zero-order valence-electron chi connectivity index (χ0n) is 11.4. The van der Waals surface area contributed by atoms with Gasteiger partial charge in [-0.3, -0.25) is 4.79 Å². The van der Waals surface area contributed by atoms with Gasteiger partial charge in [0.05, 0.1) is 18.6 Å². The molecule has 18 heavy (non-hydrogen) atoms. The maximum atomic E-state index is 12.6. The Bertz CT molecular complexity index is 356. The Labute approximate surface area is 107 Å². The van der Waals surface area contributed by atoms with Gasteiger partial charge in [-0.25, -0.2) is 4.79 Å². The summed E-state index contributed by atoms with van der Waals surface area (Å²) in [6, 6.07) is -0.399. The summed E-state index contributed by atoms with van der Waals surface area (Å²) in [5.74, 6) is -1.30. The lowest BCUT2D eigenvalue weighted by atomic mass is 9.82. The zero-order valence-corrected chi connectivity index (χ0v) is 11.4. The number of hydrogen-bond donors (Lipinski definition) is 2. The van der Waals surface area contributed by atoms with E-state index in [1.807, 2.05) is 0 Å². The van der Waals surface area contributed by atoms with Crippen molar-refractivity contribution in [2.45, 2.75) is 39.3 Å². The first-order valence-corrected chi connectivity index (χ1v) is 6.06. The molecular formula is C12H22N2O4. The van der Waals surface area contributed by atoms with Gasteiger partial charge in [0.15, 0.2) is 0 Å². The van der Waals surface area contributed by atoms with Gasteiger partial charge < -0.3 is 20.5 Å². The fourth-order valence-corrected chi connectivity index (χ4v) is 2.13. The molecule has 1 aliphatic heterocycles. The van der Waals surface area contributed by atoms with Crippen LogP contribution in [-0.4, -0.2) is 53.2 Å². The van der Waals surface area contributed by atoms with Crippen molar-refractivity contribution in [2.24, 2.45) is 11.1 Å². The van der Waals surface area contributed by atoms with E-state index in [2.05, 4.69) is 0 Å². The largest absolute Gasteiger partial charge is 0.480 e. The van der Waals surface area contributed by atoms with Crippen molar-refractivity contribution in [3.05, 3.63) is 0 Å². The summed E-state index contributed by atoms with van der Waals surface area (Å²) in [6.07, 6.45) is 0. The standard InChI is InChI=1S/C12H22N2O4/c1-5-14(11(2,3)10(16)17)9(15)12(4)7-18-6-8(12)13/h8H,5-7,13H2,1-4H3,(H,16,17). The Balaban J connectivity index is 3.03. The third kappa shape index (κ3) is 2.22. The molecule has 3 N–H and O–H groups in total. The van der Waals surface area contributed by atoms with Crippen molar-refractivity contribution >= 4 is 11.9 Å². The molecule has 1 rings (SSSR count). The maximum Gasteiger partial charge on any atom is 0.329 e. The molecule has 0 bridgehead atoms. The number of nitrogens with two attached hydrogens (primary N) is 1. The smallest absolute Gasteiger partial charge is 0.329 e. The van der Waals surface area contributed by atoms with E-state index in [0.717, 1.165) is 0 Å². The minimum absolute atomic E-state index is 0.235. The van der Waals surface area contributed by atoms with Crippen LogP contribution >= 0.6 is 0 Å². The molecular weight excluding hydrogens is 236 g/mol. The molecule has 1 aliphatic rings. The predicted molar refractivity (Wildman–Crippen MR) is 66.0 cm³/mol. The Kier molecular flexibility index (Phi) is 4.02. The second kappa shape index (κ2) is 4.85. The van der Waals surface area contributed by atoms with Gasteiger partial charge in [-0.15, -0.1) is 0 Å². The third-order valence-corrected chi connectivity index (χ3v) is 3.77. The fourth-order valence-electron chi connectivity index (χ4n) is 2.13. The monoisotopic (exact) mass is 258 g/mol. The van der Waals surface area contributed by atoms with Crippen LogP contribution in [0.4, 0.5) is 0 Å². The molecule has 0 spiro atoms. The lowest BCUT2D eigenvalue weighted by Gasteiger charge is -2.40. The molecule has 104 valence electrons. The van der Waals surface area contributed by atoms with Crippen LogP contribution < -0.4 is 5.73 Å². The fraction of sp³-hybridized carbons (Fsp3) is 0.833. The van der Waals surface area contributed by atoms with Crippen LogP contribution in [-0.2, 0) is 14.3 Å². The van der Waals surface area contributed by atoms with Gasteiger partial charge in [0.25, 0.3) is 0 Å². The number of likely N-dealkylation sites (N-methyl/N-ethyl adjacent to an activating group) is 1. The summed E-state index contributed by atoms with van der Waals surface area (Å²) in [7, 11) is 0. The number of hydrogen-bond acceptors (Lipinski definition) is 4. The molecule has 0 aliphatic carbocycles. The number of ether oxygens (including phenoxy) is 1. The van der Waals surface area contributed by atoms with Crippen LogP contribution in [0.3, 0.4) is 0 Å². The number of rotatable bonds is 4. The first-order valence-electron chi connectivity index (χ1n) is 6.06. The maximum absolute atomic E-state index is 12.6. The summed E-state index contributed by atoms with van der Waals surface area (Å²) in [5, 5.41) is 9.23. The van der Waals surface area contributed by atoms with Crippen molar-refractivity contribution in [1.29, 1.82) is 0 Å². The molecule has 1 amide bonds. The molecule has 0 aromatic carbocycles. The number of carbonyl (C=O) groups excluding carboxylic acids is 1. The average Bonchev–Trinajstić information content (AvgIpc) is 2.60. The van der Waals surface area contributed by atoms with Crippen molar-refractivity contribution in [3.63, 3.8) is 0 Å². The highest BCUT2D eigenvalue weighted by atomic mass is 16.5. The van der Waals surface area contributed by atoms with Crippen molar-refractivity contribution in [2.75, 3.05) is 19.8 Å². The molecule has 0 aromatic heterocycles. The topological polar surface area (TPSA) is 92.9 Å². The molecule has 1 heterocycles. The minimum Gasteiger partial charge on any atom is -0.480 e. The average molecular weight is 258 g/mol. The van der Waals surface area contributed by atoms with E-state index in [1.165, 1.54) is 18.7 Å². The number of carboxylic acids is 1. The molecule has 2 unspecified atom stereocenters. The van der Waals surface area contributed by atoms with Gasteiger partial charge in [-0.2, -0.15) is 0 Å². The Morgan fingerprint density at radius 2 is 2.11 bits per heavy atom. The predicted octanol–water partition coefficient (Wildman–Crippen LogP) is 0.0619. The number of nitrogens with zero attached hydrogens (tertiary/aromatic N) is 1. The molecule has 6 heteroatoms. The van der Waals surface area contributed by atoms with Crippen LogP contribution in [0.2, 0.25) is 0 Å². The molecule has 1 saturated heterocycles. The Morgan fingerprint density at radius 1 is 1.56 bits per heavy atom.